The fourth-order valence-electron chi connectivity index (χ4n) is 3.26. The first-order chi connectivity index (χ1) is 15.8. The minimum Gasteiger partial charge on any atom is -0.467 e. The molecule has 1 aliphatic rings. The van der Waals surface area contributed by atoms with Gasteiger partial charge in [-0.05, 0) is 48.7 Å². The smallest absolute Gasteiger partial charge is 0.362 e. The number of esters is 2. The molecule has 0 radical (unpaired) electrons. The predicted octanol–water partition coefficient (Wildman–Crippen LogP) is 2.38. The lowest BCUT2D eigenvalue weighted by Crippen LogP contribution is -2.40. The van der Waals surface area contributed by atoms with Crippen molar-refractivity contribution in [3.8, 4) is 11.5 Å². The number of rotatable bonds is 10. The molecule has 1 aliphatic heterocycles. The standard InChI is InChI=1S/C23H26ClNO8/c1-13(25-12-17(26)15-5-4-6-16(24)11-15)9-14-7-8-18-19(10-14)32-23(31-18)33-20(21(27)29-2)22(28)30-3/h4-8,10-11,13,17,20,23,25-26H,9,12H2,1-3H3/t13-,17+,23-/m1/s1. The maximum Gasteiger partial charge on any atom is 0.362 e. The Morgan fingerprint density at radius 3 is 2.45 bits per heavy atom. The van der Waals surface area contributed by atoms with Crippen LogP contribution in [0.1, 0.15) is 24.2 Å². The quantitative estimate of drug-likeness (QED) is 0.391. The summed E-state index contributed by atoms with van der Waals surface area (Å²) in [5, 5.41) is 14.2. The summed E-state index contributed by atoms with van der Waals surface area (Å²) in [5.41, 5.74) is 1.70. The summed E-state index contributed by atoms with van der Waals surface area (Å²) in [6.45, 7) is 1.06. The van der Waals surface area contributed by atoms with E-state index in [9.17, 15) is 14.7 Å². The lowest BCUT2D eigenvalue weighted by atomic mass is 10.1. The monoisotopic (exact) mass is 479 g/mol. The molecule has 33 heavy (non-hydrogen) atoms. The maximum atomic E-state index is 11.8. The molecular formula is C23H26ClNO8. The number of carbonyl (C=O) groups is 2. The zero-order valence-electron chi connectivity index (χ0n) is 18.4. The molecule has 0 saturated heterocycles. The van der Waals surface area contributed by atoms with E-state index in [1.165, 1.54) is 0 Å². The highest BCUT2D eigenvalue weighted by molar-refractivity contribution is 6.30. The van der Waals surface area contributed by atoms with E-state index in [1.54, 1.807) is 30.3 Å². The fourth-order valence-corrected chi connectivity index (χ4v) is 3.46. The van der Waals surface area contributed by atoms with Crippen molar-refractivity contribution in [1.82, 2.24) is 5.32 Å². The number of fused-ring (bicyclic) bond motifs is 1. The van der Waals surface area contributed by atoms with Gasteiger partial charge in [0.05, 0.1) is 20.3 Å². The van der Waals surface area contributed by atoms with Crippen LogP contribution in [-0.4, -0.2) is 56.4 Å². The molecule has 3 rings (SSSR count). The zero-order valence-corrected chi connectivity index (χ0v) is 19.2. The average Bonchev–Trinajstić information content (AvgIpc) is 3.21. The van der Waals surface area contributed by atoms with E-state index in [0.717, 1.165) is 25.3 Å². The molecule has 178 valence electrons. The predicted molar refractivity (Wildman–Crippen MR) is 118 cm³/mol. The van der Waals surface area contributed by atoms with Crippen molar-refractivity contribution in [2.24, 2.45) is 0 Å². The zero-order chi connectivity index (χ0) is 24.0. The molecule has 0 aliphatic carbocycles. The largest absolute Gasteiger partial charge is 0.467 e. The third kappa shape index (κ3) is 6.58. The highest BCUT2D eigenvalue weighted by atomic mass is 35.5. The first kappa shape index (κ1) is 24.8. The molecule has 9 nitrogen and oxygen atoms in total. The Balaban J connectivity index is 1.54. The van der Waals surface area contributed by atoms with Crippen LogP contribution in [0.2, 0.25) is 5.02 Å². The molecule has 0 aromatic heterocycles. The minimum absolute atomic E-state index is 0.0503. The third-order valence-electron chi connectivity index (χ3n) is 4.97. The molecule has 1 heterocycles. The summed E-state index contributed by atoms with van der Waals surface area (Å²) in [5.74, 6) is -1.03. The van der Waals surface area contributed by atoms with E-state index >= 15 is 0 Å². The van der Waals surface area contributed by atoms with Crippen LogP contribution < -0.4 is 14.8 Å². The number of halogens is 1. The van der Waals surface area contributed by atoms with Crippen LogP contribution >= 0.6 is 11.6 Å². The normalized spacial score (nSPS) is 16.4. The fraction of sp³-hybridized carbons (Fsp3) is 0.391. The van der Waals surface area contributed by atoms with Gasteiger partial charge in [0.2, 0.25) is 0 Å². The number of hydrogen-bond donors (Lipinski definition) is 2. The molecule has 0 amide bonds. The highest BCUT2D eigenvalue weighted by Crippen LogP contribution is 2.36. The van der Waals surface area contributed by atoms with Gasteiger partial charge in [0.25, 0.3) is 6.10 Å². The Hall–Kier alpha value is -2.85. The van der Waals surface area contributed by atoms with Gasteiger partial charge in [-0.1, -0.05) is 29.8 Å². The third-order valence-corrected chi connectivity index (χ3v) is 5.20. The Labute approximate surface area is 196 Å². The van der Waals surface area contributed by atoms with Gasteiger partial charge in [-0.25, -0.2) is 9.59 Å². The molecule has 0 unspecified atom stereocenters. The number of aliphatic hydroxyl groups excluding tert-OH is 1. The Morgan fingerprint density at radius 2 is 1.79 bits per heavy atom. The highest BCUT2D eigenvalue weighted by Gasteiger charge is 2.37. The van der Waals surface area contributed by atoms with Gasteiger partial charge in [-0.15, -0.1) is 0 Å². The summed E-state index contributed by atoms with van der Waals surface area (Å²) in [7, 11) is 2.25. The Bertz CT molecular complexity index is 969. The van der Waals surface area contributed by atoms with Crippen molar-refractivity contribution in [1.29, 1.82) is 0 Å². The summed E-state index contributed by atoms with van der Waals surface area (Å²) in [4.78, 5) is 23.5. The molecule has 0 spiro atoms. The van der Waals surface area contributed by atoms with Gasteiger partial charge in [0, 0.05) is 17.6 Å². The maximum absolute atomic E-state index is 11.8. The molecule has 0 saturated carbocycles. The number of benzene rings is 2. The van der Waals surface area contributed by atoms with Crippen molar-refractivity contribution in [2.75, 3.05) is 20.8 Å². The number of hydrogen-bond acceptors (Lipinski definition) is 9. The van der Waals surface area contributed by atoms with E-state index in [-0.39, 0.29) is 6.04 Å². The number of nitrogens with one attached hydrogen (secondary N) is 1. The number of carbonyl (C=O) groups excluding carboxylic acids is 2. The van der Waals surface area contributed by atoms with Crippen LogP contribution in [0.4, 0.5) is 0 Å². The first-order valence-corrected chi connectivity index (χ1v) is 10.6. The Morgan fingerprint density at radius 1 is 1.09 bits per heavy atom. The van der Waals surface area contributed by atoms with Crippen LogP contribution in [0.15, 0.2) is 42.5 Å². The summed E-state index contributed by atoms with van der Waals surface area (Å²) >= 11 is 5.98. The summed E-state index contributed by atoms with van der Waals surface area (Å²) in [6.07, 6.45) is -1.66. The topological polar surface area (TPSA) is 113 Å². The van der Waals surface area contributed by atoms with Crippen molar-refractivity contribution < 1.29 is 38.4 Å². The van der Waals surface area contributed by atoms with Crippen molar-refractivity contribution >= 4 is 23.5 Å². The molecule has 0 bridgehead atoms. The molecule has 3 atom stereocenters. The van der Waals surface area contributed by atoms with E-state index in [4.69, 9.17) is 25.8 Å². The second-order valence-corrected chi connectivity index (χ2v) is 7.89. The first-order valence-electron chi connectivity index (χ1n) is 10.2. The van der Waals surface area contributed by atoms with Gasteiger partial charge < -0.3 is 29.4 Å². The molecule has 2 aromatic carbocycles. The van der Waals surface area contributed by atoms with Gasteiger partial charge in [0.15, 0.2) is 11.5 Å². The van der Waals surface area contributed by atoms with E-state index in [2.05, 4.69) is 14.8 Å². The summed E-state index contributed by atoms with van der Waals surface area (Å²) in [6, 6.07) is 12.5. The number of ether oxygens (including phenoxy) is 5. The van der Waals surface area contributed by atoms with Crippen LogP contribution in [-0.2, 0) is 30.2 Å². The van der Waals surface area contributed by atoms with E-state index < -0.39 is 30.6 Å². The van der Waals surface area contributed by atoms with Crippen LogP contribution in [0, 0.1) is 0 Å². The summed E-state index contributed by atoms with van der Waals surface area (Å²) < 4.78 is 25.5. The number of methoxy groups -OCH3 is 2. The van der Waals surface area contributed by atoms with Crippen molar-refractivity contribution in [3.63, 3.8) is 0 Å². The number of aliphatic hydroxyl groups is 1. The molecule has 0 fully saturated rings. The molecule has 2 N–H and O–H groups in total. The van der Waals surface area contributed by atoms with E-state index in [0.29, 0.717) is 29.5 Å². The minimum atomic E-state index is -1.63. The van der Waals surface area contributed by atoms with Crippen LogP contribution in [0.3, 0.4) is 0 Å². The van der Waals surface area contributed by atoms with Crippen molar-refractivity contribution in [3.05, 3.63) is 58.6 Å². The molecular weight excluding hydrogens is 454 g/mol. The molecule has 10 heteroatoms. The van der Waals surface area contributed by atoms with Gasteiger partial charge in [-0.2, -0.15) is 0 Å². The second kappa shape index (κ2) is 11.3. The van der Waals surface area contributed by atoms with Gasteiger partial charge in [-0.3, -0.25) is 4.74 Å². The van der Waals surface area contributed by atoms with Crippen molar-refractivity contribution in [2.45, 2.75) is 38.1 Å². The lowest BCUT2D eigenvalue weighted by molar-refractivity contribution is -0.221. The average molecular weight is 480 g/mol. The Kier molecular flexibility index (Phi) is 8.51. The van der Waals surface area contributed by atoms with Crippen LogP contribution in [0.5, 0.6) is 11.5 Å². The van der Waals surface area contributed by atoms with Gasteiger partial charge in [0.1, 0.15) is 0 Å². The SMILES string of the molecule is COC(=O)C(O[C@@H]1Oc2ccc(C[C@@H](C)NC[C@H](O)c3cccc(Cl)c3)cc2O1)C(=O)OC. The van der Waals surface area contributed by atoms with Crippen LogP contribution in [0.25, 0.3) is 0 Å². The van der Waals surface area contributed by atoms with Gasteiger partial charge >= 0.3 is 18.4 Å². The molecule has 2 aromatic rings. The lowest BCUT2D eigenvalue weighted by Gasteiger charge is -2.18. The van der Waals surface area contributed by atoms with E-state index in [1.807, 2.05) is 19.1 Å². The second-order valence-electron chi connectivity index (χ2n) is 7.45.